The lowest BCUT2D eigenvalue weighted by molar-refractivity contribution is -0.135. The molecule has 0 aliphatic heterocycles. The second kappa shape index (κ2) is 6.63. The van der Waals surface area contributed by atoms with Crippen LogP contribution in [0.3, 0.4) is 0 Å². The van der Waals surface area contributed by atoms with Gasteiger partial charge >= 0.3 is 0 Å². The average Bonchev–Trinajstić information content (AvgIpc) is 2.61. The summed E-state index contributed by atoms with van der Waals surface area (Å²) in [5.74, 6) is 0.599. The molecule has 2 unspecified atom stereocenters. The van der Waals surface area contributed by atoms with Crippen molar-refractivity contribution in [2.24, 2.45) is 5.92 Å². The monoisotopic (exact) mass is 196 g/mol. The molecule has 1 fully saturated rings. The van der Waals surface area contributed by atoms with Gasteiger partial charge in [0.15, 0.2) is 0 Å². The van der Waals surface area contributed by atoms with Crippen molar-refractivity contribution in [3.05, 3.63) is 12.2 Å². The Morgan fingerprint density at radius 3 is 2.93 bits per heavy atom. The van der Waals surface area contributed by atoms with Crippen molar-refractivity contribution in [3.63, 3.8) is 0 Å². The quantitative estimate of drug-likeness (QED) is 0.482. The Labute approximate surface area is 86.3 Å². The van der Waals surface area contributed by atoms with Crippen molar-refractivity contribution >= 4 is 6.47 Å². The molecule has 0 N–H and O–H groups in total. The highest BCUT2D eigenvalue weighted by molar-refractivity contribution is 5.37. The van der Waals surface area contributed by atoms with Gasteiger partial charge in [-0.2, -0.15) is 0 Å². The minimum atomic E-state index is 0.197. The third-order valence-electron chi connectivity index (χ3n) is 2.93. The zero-order chi connectivity index (χ0) is 10.2. The molecular weight excluding hydrogens is 176 g/mol. The molecule has 0 spiro atoms. The Morgan fingerprint density at radius 2 is 2.21 bits per heavy atom. The van der Waals surface area contributed by atoms with E-state index >= 15 is 0 Å². The summed E-state index contributed by atoms with van der Waals surface area (Å²) >= 11 is 0. The van der Waals surface area contributed by atoms with Crippen LogP contribution in [-0.4, -0.2) is 12.6 Å². The number of hydrogen-bond acceptors (Lipinski definition) is 2. The van der Waals surface area contributed by atoms with E-state index in [-0.39, 0.29) is 6.10 Å². The van der Waals surface area contributed by atoms with E-state index in [4.69, 9.17) is 4.74 Å². The van der Waals surface area contributed by atoms with Crippen LogP contribution in [0, 0.1) is 5.92 Å². The predicted octanol–water partition coefficient (Wildman–Crippen LogP) is 3.07. The van der Waals surface area contributed by atoms with Crippen molar-refractivity contribution in [1.82, 2.24) is 0 Å². The minimum absolute atomic E-state index is 0.197. The van der Waals surface area contributed by atoms with Gasteiger partial charge in [-0.25, -0.2) is 0 Å². The van der Waals surface area contributed by atoms with Crippen LogP contribution in [0.5, 0.6) is 0 Å². The molecule has 2 heteroatoms. The summed E-state index contributed by atoms with van der Waals surface area (Å²) in [7, 11) is 0. The molecule has 2 nitrogen and oxygen atoms in total. The second-order valence-corrected chi connectivity index (χ2v) is 3.92. The van der Waals surface area contributed by atoms with Crippen molar-refractivity contribution < 1.29 is 9.53 Å². The van der Waals surface area contributed by atoms with Gasteiger partial charge in [0.1, 0.15) is 6.10 Å². The Balaban J connectivity index is 2.21. The first-order valence-electron chi connectivity index (χ1n) is 5.62. The number of hydrogen-bond donors (Lipinski definition) is 0. The number of ether oxygens (including phenoxy) is 1. The number of carbonyl (C=O) groups excluding carboxylic acids is 1. The fraction of sp³-hybridized carbons (Fsp3) is 0.750. The van der Waals surface area contributed by atoms with Crippen LogP contribution in [0.15, 0.2) is 12.2 Å². The molecule has 0 heterocycles. The van der Waals surface area contributed by atoms with Crippen molar-refractivity contribution in [1.29, 1.82) is 0 Å². The van der Waals surface area contributed by atoms with Gasteiger partial charge in [0, 0.05) is 0 Å². The molecule has 0 radical (unpaired) electrons. The summed E-state index contributed by atoms with van der Waals surface area (Å²) in [6.45, 7) is 2.75. The molecule has 80 valence electrons. The molecule has 1 saturated carbocycles. The molecule has 1 aliphatic carbocycles. The van der Waals surface area contributed by atoms with E-state index in [0.717, 1.165) is 25.7 Å². The molecule has 0 aromatic carbocycles. The molecule has 0 amide bonds. The van der Waals surface area contributed by atoms with Crippen LogP contribution in [0.25, 0.3) is 0 Å². The standard InChI is InChI=1S/C12H20O2/c1-2-3-4-5-7-11-8-6-9-12(11)14-10-13/h3-4,10-12H,2,5-9H2,1H3. The van der Waals surface area contributed by atoms with Crippen LogP contribution < -0.4 is 0 Å². The van der Waals surface area contributed by atoms with Gasteiger partial charge in [-0.3, -0.25) is 4.79 Å². The van der Waals surface area contributed by atoms with E-state index in [0.29, 0.717) is 12.4 Å². The molecule has 1 aliphatic rings. The molecule has 14 heavy (non-hydrogen) atoms. The average molecular weight is 196 g/mol. The highest BCUT2D eigenvalue weighted by Gasteiger charge is 2.27. The Bertz CT molecular complexity index is 187. The maximum absolute atomic E-state index is 10.2. The van der Waals surface area contributed by atoms with Gasteiger partial charge < -0.3 is 4.74 Å². The highest BCUT2D eigenvalue weighted by Crippen LogP contribution is 2.31. The molecular formula is C12H20O2. The van der Waals surface area contributed by atoms with E-state index in [1.54, 1.807) is 0 Å². The molecule has 1 rings (SSSR count). The fourth-order valence-electron chi connectivity index (χ4n) is 2.18. The van der Waals surface area contributed by atoms with E-state index in [2.05, 4.69) is 19.1 Å². The third-order valence-corrected chi connectivity index (χ3v) is 2.93. The summed E-state index contributed by atoms with van der Waals surface area (Å²) in [6, 6.07) is 0. The largest absolute Gasteiger partial charge is 0.464 e. The van der Waals surface area contributed by atoms with E-state index in [1.165, 1.54) is 12.8 Å². The topological polar surface area (TPSA) is 26.3 Å². The fourth-order valence-corrected chi connectivity index (χ4v) is 2.18. The normalized spacial score (nSPS) is 26.9. The Morgan fingerprint density at radius 1 is 1.36 bits per heavy atom. The first-order chi connectivity index (χ1) is 6.88. The zero-order valence-corrected chi connectivity index (χ0v) is 8.95. The maximum Gasteiger partial charge on any atom is 0.293 e. The minimum Gasteiger partial charge on any atom is -0.464 e. The van der Waals surface area contributed by atoms with E-state index < -0.39 is 0 Å². The Kier molecular flexibility index (Phi) is 5.35. The number of rotatable bonds is 6. The Hall–Kier alpha value is -0.790. The van der Waals surface area contributed by atoms with Gasteiger partial charge in [-0.05, 0) is 44.4 Å². The van der Waals surface area contributed by atoms with Gasteiger partial charge in [-0.15, -0.1) is 0 Å². The highest BCUT2D eigenvalue weighted by atomic mass is 16.5. The van der Waals surface area contributed by atoms with Crippen molar-refractivity contribution in [2.45, 2.75) is 51.6 Å². The van der Waals surface area contributed by atoms with Gasteiger partial charge in [0.25, 0.3) is 6.47 Å². The predicted molar refractivity (Wildman–Crippen MR) is 56.9 cm³/mol. The van der Waals surface area contributed by atoms with Crippen LogP contribution in [0.4, 0.5) is 0 Å². The SMILES string of the molecule is CCC=CCCC1CCCC1OC=O. The summed E-state index contributed by atoms with van der Waals surface area (Å²) in [5, 5.41) is 0. The van der Waals surface area contributed by atoms with E-state index in [1.807, 2.05) is 0 Å². The lowest BCUT2D eigenvalue weighted by Gasteiger charge is -2.16. The summed E-state index contributed by atoms with van der Waals surface area (Å²) in [5.41, 5.74) is 0. The first-order valence-corrected chi connectivity index (χ1v) is 5.62. The molecule has 0 aromatic heterocycles. The first kappa shape index (κ1) is 11.3. The summed E-state index contributed by atoms with van der Waals surface area (Å²) in [6.07, 6.45) is 11.5. The van der Waals surface area contributed by atoms with Crippen LogP contribution in [0.2, 0.25) is 0 Å². The lowest BCUT2D eigenvalue weighted by Crippen LogP contribution is -2.17. The van der Waals surface area contributed by atoms with Crippen molar-refractivity contribution in [3.8, 4) is 0 Å². The third kappa shape index (κ3) is 3.52. The molecule has 0 saturated heterocycles. The second-order valence-electron chi connectivity index (χ2n) is 3.92. The van der Waals surface area contributed by atoms with Gasteiger partial charge in [0.2, 0.25) is 0 Å². The molecule has 0 bridgehead atoms. The van der Waals surface area contributed by atoms with Crippen LogP contribution in [0.1, 0.15) is 45.4 Å². The zero-order valence-electron chi connectivity index (χ0n) is 8.95. The van der Waals surface area contributed by atoms with E-state index in [9.17, 15) is 4.79 Å². The van der Waals surface area contributed by atoms with Crippen LogP contribution in [-0.2, 0) is 9.53 Å². The molecule has 0 aromatic rings. The summed E-state index contributed by atoms with van der Waals surface area (Å²) in [4.78, 5) is 10.2. The smallest absolute Gasteiger partial charge is 0.293 e. The lowest BCUT2D eigenvalue weighted by atomic mass is 9.99. The van der Waals surface area contributed by atoms with Crippen LogP contribution >= 0.6 is 0 Å². The number of carbonyl (C=O) groups is 1. The number of allylic oxidation sites excluding steroid dienone is 2. The maximum atomic E-state index is 10.2. The summed E-state index contributed by atoms with van der Waals surface area (Å²) < 4.78 is 5.07. The van der Waals surface area contributed by atoms with Gasteiger partial charge in [-0.1, -0.05) is 19.1 Å². The van der Waals surface area contributed by atoms with Gasteiger partial charge in [0.05, 0.1) is 0 Å². The van der Waals surface area contributed by atoms with Crippen molar-refractivity contribution in [2.75, 3.05) is 0 Å². The molecule has 2 atom stereocenters.